The van der Waals surface area contributed by atoms with Gasteiger partial charge in [0.1, 0.15) is 11.6 Å². The topological polar surface area (TPSA) is 110 Å². The standard InChI is InChI=1S/C9H7N3O3/c1-5-2-6(9(11)13)3-7(4-10)8(5)12(14)15/h2-3H,1H3,(H2,11,13). The number of amides is 1. The van der Waals surface area contributed by atoms with Crippen molar-refractivity contribution in [2.24, 2.45) is 5.73 Å². The first-order chi connectivity index (χ1) is 6.97. The molecule has 0 heterocycles. The molecule has 0 saturated carbocycles. The largest absolute Gasteiger partial charge is 0.366 e. The van der Waals surface area contributed by atoms with Gasteiger partial charge in [0.05, 0.1) is 4.92 Å². The van der Waals surface area contributed by atoms with Crippen molar-refractivity contribution in [2.75, 3.05) is 0 Å². The van der Waals surface area contributed by atoms with Gasteiger partial charge in [-0.2, -0.15) is 5.26 Å². The lowest BCUT2D eigenvalue weighted by atomic mass is 10.0. The van der Waals surface area contributed by atoms with Gasteiger partial charge in [0.2, 0.25) is 5.91 Å². The molecule has 0 unspecified atom stereocenters. The zero-order valence-corrected chi connectivity index (χ0v) is 7.85. The first-order valence-corrected chi connectivity index (χ1v) is 3.96. The summed E-state index contributed by atoms with van der Waals surface area (Å²) in [6.07, 6.45) is 0. The molecule has 0 spiro atoms. The van der Waals surface area contributed by atoms with Crippen LogP contribution in [0.15, 0.2) is 12.1 Å². The summed E-state index contributed by atoms with van der Waals surface area (Å²) in [5, 5.41) is 19.3. The van der Waals surface area contributed by atoms with Crippen molar-refractivity contribution in [1.29, 1.82) is 5.26 Å². The van der Waals surface area contributed by atoms with Crippen molar-refractivity contribution in [2.45, 2.75) is 6.92 Å². The zero-order valence-electron chi connectivity index (χ0n) is 7.85. The molecule has 6 heteroatoms. The van der Waals surface area contributed by atoms with E-state index < -0.39 is 10.8 Å². The average Bonchev–Trinajstić information content (AvgIpc) is 2.15. The molecule has 0 aliphatic rings. The van der Waals surface area contributed by atoms with Crippen molar-refractivity contribution in [1.82, 2.24) is 0 Å². The third-order valence-corrected chi connectivity index (χ3v) is 1.89. The Kier molecular flexibility index (Phi) is 2.67. The number of nitriles is 1. The van der Waals surface area contributed by atoms with Gasteiger partial charge >= 0.3 is 0 Å². The Morgan fingerprint density at radius 3 is 2.60 bits per heavy atom. The summed E-state index contributed by atoms with van der Waals surface area (Å²) in [5.41, 5.74) is 4.90. The van der Waals surface area contributed by atoms with Crippen LogP contribution >= 0.6 is 0 Å². The molecule has 1 amide bonds. The van der Waals surface area contributed by atoms with E-state index in [1.165, 1.54) is 13.0 Å². The molecule has 0 atom stereocenters. The highest BCUT2D eigenvalue weighted by atomic mass is 16.6. The van der Waals surface area contributed by atoms with Gasteiger partial charge in [-0.1, -0.05) is 0 Å². The maximum Gasteiger partial charge on any atom is 0.289 e. The highest BCUT2D eigenvalue weighted by Gasteiger charge is 2.19. The second-order valence-corrected chi connectivity index (χ2v) is 2.92. The fraction of sp³-hybridized carbons (Fsp3) is 0.111. The van der Waals surface area contributed by atoms with E-state index in [0.29, 0.717) is 0 Å². The molecule has 76 valence electrons. The molecule has 1 aromatic rings. The molecule has 0 fully saturated rings. The summed E-state index contributed by atoms with van der Waals surface area (Å²) < 4.78 is 0. The third kappa shape index (κ3) is 1.91. The molecule has 0 aromatic heterocycles. The zero-order chi connectivity index (χ0) is 11.6. The van der Waals surface area contributed by atoms with E-state index >= 15 is 0 Å². The van der Waals surface area contributed by atoms with Gasteiger partial charge in [0.25, 0.3) is 5.69 Å². The number of benzene rings is 1. The molecule has 0 aliphatic heterocycles. The number of nitro groups is 1. The molecule has 0 bridgehead atoms. The molecular formula is C9H7N3O3. The summed E-state index contributed by atoms with van der Waals surface area (Å²) in [7, 11) is 0. The van der Waals surface area contributed by atoms with Gasteiger partial charge in [-0.25, -0.2) is 0 Å². The van der Waals surface area contributed by atoms with E-state index in [-0.39, 0.29) is 22.4 Å². The van der Waals surface area contributed by atoms with Crippen molar-refractivity contribution in [3.63, 3.8) is 0 Å². The van der Waals surface area contributed by atoms with Gasteiger partial charge in [-0.15, -0.1) is 0 Å². The number of carbonyl (C=O) groups is 1. The summed E-state index contributed by atoms with van der Waals surface area (Å²) in [4.78, 5) is 20.8. The van der Waals surface area contributed by atoms with Crippen LogP contribution in [0.3, 0.4) is 0 Å². The van der Waals surface area contributed by atoms with Crippen LogP contribution in [0.2, 0.25) is 0 Å². The lowest BCUT2D eigenvalue weighted by Crippen LogP contribution is -2.12. The predicted molar refractivity (Wildman–Crippen MR) is 51.1 cm³/mol. The number of rotatable bonds is 2. The fourth-order valence-electron chi connectivity index (χ4n) is 1.25. The van der Waals surface area contributed by atoms with Crippen LogP contribution in [-0.4, -0.2) is 10.8 Å². The highest BCUT2D eigenvalue weighted by molar-refractivity contribution is 5.94. The number of hydrogen-bond acceptors (Lipinski definition) is 4. The van der Waals surface area contributed by atoms with Gasteiger partial charge in [-0.3, -0.25) is 14.9 Å². The molecule has 2 N–H and O–H groups in total. The van der Waals surface area contributed by atoms with E-state index in [1.54, 1.807) is 6.07 Å². The van der Waals surface area contributed by atoms with E-state index in [1.807, 2.05) is 0 Å². The van der Waals surface area contributed by atoms with Crippen LogP contribution < -0.4 is 5.73 Å². The van der Waals surface area contributed by atoms with Gasteiger partial charge < -0.3 is 5.73 Å². The molecular weight excluding hydrogens is 198 g/mol. The Morgan fingerprint density at radius 2 is 2.20 bits per heavy atom. The molecule has 6 nitrogen and oxygen atoms in total. The highest BCUT2D eigenvalue weighted by Crippen LogP contribution is 2.24. The Morgan fingerprint density at radius 1 is 1.60 bits per heavy atom. The van der Waals surface area contributed by atoms with Crippen molar-refractivity contribution in [3.8, 4) is 6.07 Å². The van der Waals surface area contributed by atoms with Crippen LogP contribution in [0.25, 0.3) is 0 Å². The van der Waals surface area contributed by atoms with Gasteiger partial charge in [0, 0.05) is 11.1 Å². The Balaban J connectivity index is 3.53. The lowest BCUT2D eigenvalue weighted by molar-refractivity contribution is -0.385. The summed E-state index contributed by atoms with van der Waals surface area (Å²) in [6, 6.07) is 4.08. The molecule has 1 rings (SSSR count). The van der Waals surface area contributed by atoms with Crippen molar-refractivity contribution in [3.05, 3.63) is 38.9 Å². The summed E-state index contributed by atoms with van der Waals surface area (Å²) in [6.45, 7) is 1.45. The Bertz CT molecular complexity index is 488. The summed E-state index contributed by atoms with van der Waals surface area (Å²) in [5.74, 6) is -0.718. The first kappa shape index (κ1) is 10.7. The summed E-state index contributed by atoms with van der Waals surface area (Å²) >= 11 is 0. The minimum Gasteiger partial charge on any atom is -0.366 e. The number of hydrogen-bond donors (Lipinski definition) is 1. The van der Waals surface area contributed by atoms with E-state index in [4.69, 9.17) is 11.0 Å². The molecule has 1 aromatic carbocycles. The predicted octanol–water partition coefficient (Wildman–Crippen LogP) is 0.874. The number of aryl methyl sites for hydroxylation is 1. The van der Waals surface area contributed by atoms with Gasteiger partial charge in [0.15, 0.2) is 0 Å². The monoisotopic (exact) mass is 205 g/mol. The number of nitro benzene ring substituents is 1. The Hall–Kier alpha value is -2.42. The maximum atomic E-state index is 10.8. The normalized spacial score (nSPS) is 9.33. The number of carbonyl (C=O) groups excluding carboxylic acids is 1. The number of nitrogens with two attached hydrogens (primary N) is 1. The van der Waals surface area contributed by atoms with Crippen molar-refractivity contribution >= 4 is 11.6 Å². The van der Waals surface area contributed by atoms with Crippen LogP contribution in [-0.2, 0) is 0 Å². The van der Waals surface area contributed by atoms with Gasteiger partial charge in [-0.05, 0) is 19.1 Å². The van der Waals surface area contributed by atoms with E-state index in [0.717, 1.165) is 6.07 Å². The van der Waals surface area contributed by atoms with Crippen LogP contribution in [0.1, 0.15) is 21.5 Å². The smallest absolute Gasteiger partial charge is 0.289 e. The second kappa shape index (κ2) is 3.75. The van der Waals surface area contributed by atoms with Crippen LogP contribution in [0.5, 0.6) is 0 Å². The van der Waals surface area contributed by atoms with Crippen LogP contribution in [0, 0.1) is 28.4 Å². The molecule has 15 heavy (non-hydrogen) atoms. The molecule has 0 aliphatic carbocycles. The maximum absolute atomic E-state index is 10.8. The number of nitrogens with zero attached hydrogens (tertiary/aromatic N) is 2. The Labute approximate surface area is 85.1 Å². The molecule has 0 saturated heterocycles. The minimum absolute atomic E-state index is 0.0923. The lowest BCUT2D eigenvalue weighted by Gasteiger charge is -2.01. The molecule has 0 radical (unpaired) electrons. The van der Waals surface area contributed by atoms with E-state index in [2.05, 4.69) is 0 Å². The minimum atomic E-state index is -0.718. The third-order valence-electron chi connectivity index (χ3n) is 1.89. The fourth-order valence-corrected chi connectivity index (χ4v) is 1.25. The quantitative estimate of drug-likeness (QED) is 0.570. The van der Waals surface area contributed by atoms with Crippen molar-refractivity contribution < 1.29 is 9.72 Å². The first-order valence-electron chi connectivity index (χ1n) is 3.96. The average molecular weight is 205 g/mol. The number of primary amides is 1. The van der Waals surface area contributed by atoms with E-state index in [9.17, 15) is 14.9 Å². The second-order valence-electron chi connectivity index (χ2n) is 2.92. The SMILES string of the molecule is Cc1cc(C(N)=O)cc(C#N)c1[N+](=O)[O-]. The van der Waals surface area contributed by atoms with Crippen LogP contribution in [0.4, 0.5) is 5.69 Å².